The van der Waals surface area contributed by atoms with Crippen LogP contribution in [0.5, 0.6) is 17.2 Å². The van der Waals surface area contributed by atoms with Gasteiger partial charge in [0.15, 0.2) is 17.1 Å². The Morgan fingerprint density at radius 3 is 2.48 bits per heavy atom. The highest BCUT2D eigenvalue weighted by Gasteiger charge is 2.18. The Hall–Kier alpha value is -3.26. The maximum Gasteiger partial charge on any atom is 0.243 e. The number of hydrogen-bond donors (Lipinski definition) is 2. The Bertz CT molecular complexity index is 911. The van der Waals surface area contributed by atoms with E-state index in [-0.39, 0.29) is 12.3 Å². The van der Waals surface area contributed by atoms with Gasteiger partial charge >= 0.3 is 0 Å². The Morgan fingerprint density at radius 1 is 1.10 bits per heavy atom. The highest BCUT2D eigenvalue weighted by Crippen LogP contribution is 2.41. The van der Waals surface area contributed by atoms with Crippen LogP contribution in [0.1, 0.15) is 25.7 Å². The number of oxazole rings is 1. The number of unbranched alkanes of at least 4 members (excludes halogenated alkanes) is 2. The first-order chi connectivity index (χ1) is 14.2. The van der Waals surface area contributed by atoms with Crippen LogP contribution in [0.3, 0.4) is 0 Å². The van der Waals surface area contributed by atoms with Gasteiger partial charge in [0.1, 0.15) is 5.52 Å². The minimum absolute atomic E-state index is 0.280. The van der Waals surface area contributed by atoms with Gasteiger partial charge in [-0.2, -0.15) is 0 Å². The lowest BCUT2D eigenvalue weighted by atomic mass is 10.1. The number of methoxy groups -OCH3 is 2. The molecule has 1 heterocycles. The minimum Gasteiger partial charge on any atom is -0.493 e. The van der Waals surface area contributed by atoms with Crippen molar-refractivity contribution in [1.29, 1.82) is 0 Å². The maximum atomic E-state index is 11.0. The van der Waals surface area contributed by atoms with E-state index >= 15 is 0 Å². The number of hydrogen-bond acceptors (Lipinski definition) is 7. The van der Waals surface area contributed by atoms with Crippen LogP contribution < -0.4 is 19.7 Å². The van der Waals surface area contributed by atoms with E-state index in [1.807, 2.05) is 24.3 Å². The van der Waals surface area contributed by atoms with Crippen molar-refractivity contribution in [2.45, 2.75) is 25.7 Å². The average Bonchev–Trinajstić information content (AvgIpc) is 3.19. The number of nitrogens with zero attached hydrogens (tertiary/aromatic N) is 1. The van der Waals surface area contributed by atoms with Gasteiger partial charge in [0.25, 0.3) is 0 Å². The van der Waals surface area contributed by atoms with E-state index in [2.05, 4.69) is 4.98 Å². The van der Waals surface area contributed by atoms with Crippen molar-refractivity contribution in [1.82, 2.24) is 10.5 Å². The number of para-hydroxylation sites is 2. The van der Waals surface area contributed by atoms with Crippen LogP contribution >= 0.6 is 0 Å². The highest BCUT2D eigenvalue weighted by molar-refractivity contribution is 5.77. The maximum absolute atomic E-state index is 11.0. The molecule has 0 saturated heterocycles. The molecule has 2 aromatic carbocycles. The Balaban J connectivity index is 1.72. The normalized spacial score (nSPS) is 10.7. The van der Waals surface area contributed by atoms with E-state index in [1.54, 1.807) is 31.8 Å². The van der Waals surface area contributed by atoms with Crippen LogP contribution in [-0.4, -0.2) is 36.9 Å². The molecule has 0 aliphatic rings. The Labute approximate surface area is 168 Å². The predicted molar refractivity (Wildman–Crippen MR) is 106 cm³/mol. The predicted octanol–water partition coefficient (Wildman–Crippen LogP) is 3.96. The summed E-state index contributed by atoms with van der Waals surface area (Å²) in [5, 5.41) is 8.48. The summed E-state index contributed by atoms with van der Waals surface area (Å²) in [5.41, 5.74) is 3.82. The molecule has 1 aromatic heterocycles. The van der Waals surface area contributed by atoms with E-state index in [0.29, 0.717) is 41.7 Å². The molecule has 0 bridgehead atoms. The highest BCUT2D eigenvalue weighted by atomic mass is 16.5. The zero-order valence-electron chi connectivity index (χ0n) is 16.4. The largest absolute Gasteiger partial charge is 0.493 e. The molecule has 0 saturated carbocycles. The zero-order valence-corrected chi connectivity index (χ0v) is 16.4. The van der Waals surface area contributed by atoms with Gasteiger partial charge in [-0.3, -0.25) is 10.0 Å². The summed E-state index contributed by atoms with van der Waals surface area (Å²) in [6, 6.07) is 11.2. The smallest absolute Gasteiger partial charge is 0.243 e. The van der Waals surface area contributed by atoms with Crippen molar-refractivity contribution in [3.05, 3.63) is 36.4 Å². The lowest BCUT2D eigenvalue weighted by Crippen LogP contribution is -2.17. The van der Waals surface area contributed by atoms with Crippen LogP contribution in [0, 0.1) is 0 Å². The van der Waals surface area contributed by atoms with Crippen LogP contribution in [0.15, 0.2) is 40.8 Å². The lowest BCUT2D eigenvalue weighted by Gasteiger charge is -2.15. The van der Waals surface area contributed by atoms with Gasteiger partial charge in [0, 0.05) is 12.0 Å². The van der Waals surface area contributed by atoms with E-state index < -0.39 is 0 Å². The molecule has 8 nitrogen and oxygen atoms in total. The van der Waals surface area contributed by atoms with Crippen LogP contribution in [-0.2, 0) is 4.79 Å². The van der Waals surface area contributed by atoms with Crippen molar-refractivity contribution in [2.75, 3.05) is 20.8 Å². The SMILES string of the molecule is COc1cc(-c2nc3ccccc3o2)cc(OC)c1OCCCCCC(=O)NO. The first-order valence-corrected chi connectivity index (χ1v) is 9.34. The Morgan fingerprint density at radius 2 is 1.83 bits per heavy atom. The summed E-state index contributed by atoms with van der Waals surface area (Å²) in [7, 11) is 3.12. The molecular formula is C21H24N2O6. The van der Waals surface area contributed by atoms with Crippen molar-refractivity contribution >= 4 is 17.0 Å². The summed E-state index contributed by atoms with van der Waals surface area (Å²) in [6.07, 6.45) is 2.49. The number of aromatic nitrogens is 1. The van der Waals surface area contributed by atoms with Gasteiger partial charge in [-0.25, -0.2) is 10.5 Å². The molecule has 2 N–H and O–H groups in total. The second kappa shape index (κ2) is 9.79. The summed E-state index contributed by atoms with van der Waals surface area (Å²) in [4.78, 5) is 15.5. The molecule has 8 heteroatoms. The van der Waals surface area contributed by atoms with Crippen molar-refractivity contribution in [3.63, 3.8) is 0 Å². The molecule has 0 aliphatic carbocycles. The van der Waals surface area contributed by atoms with E-state index in [1.165, 1.54) is 0 Å². The molecule has 0 aliphatic heterocycles. The first-order valence-electron chi connectivity index (χ1n) is 9.34. The monoisotopic (exact) mass is 400 g/mol. The molecular weight excluding hydrogens is 376 g/mol. The number of carbonyl (C=O) groups excluding carboxylic acids is 1. The van der Waals surface area contributed by atoms with E-state index in [9.17, 15) is 4.79 Å². The van der Waals surface area contributed by atoms with Gasteiger partial charge in [-0.05, 0) is 43.5 Å². The third kappa shape index (κ3) is 4.97. The second-order valence-corrected chi connectivity index (χ2v) is 6.39. The molecule has 0 fully saturated rings. The fourth-order valence-electron chi connectivity index (χ4n) is 2.94. The summed E-state index contributed by atoms with van der Waals surface area (Å²) in [5.74, 6) is 1.62. The fraction of sp³-hybridized carbons (Fsp3) is 0.333. The van der Waals surface area contributed by atoms with Gasteiger partial charge in [0.05, 0.1) is 20.8 Å². The third-order valence-electron chi connectivity index (χ3n) is 4.42. The van der Waals surface area contributed by atoms with Crippen LogP contribution in [0.25, 0.3) is 22.6 Å². The number of ether oxygens (including phenoxy) is 3. The molecule has 1 amide bonds. The Kier molecular flexibility index (Phi) is 6.91. The number of benzene rings is 2. The topological polar surface area (TPSA) is 103 Å². The van der Waals surface area contributed by atoms with Crippen molar-refractivity contribution < 1.29 is 28.6 Å². The number of nitrogens with one attached hydrogen (secondary N) is 1. The molecule has 3 aromatic rings. The first kappa shape index (κ1) is 20.5. The van der Waals surface area contributed by atoms with E-state index in [4.69, 9.17) is 23.8 Å². The number of rotatable bonds is 10. The molecule has 0 spiro atoms. The number of hydroxylamine groups is 1. The molecule has 154 valence electrons. The van der Waals surface area contributed by atoms with Gasteiger partial charge in [-0.1, -0.05) is 12.1 Å². The number of amides is 1. The van der Waals surface area contributed by atoms with Crippen LogP contribution in [0.4, 0.5) is 0 Å². The van der Waals surface area contributed by atoms with E-state index in [0.717, 1.165) is 23.9 Å². The molecule has 3 rings (SSSR count). The fourth-order valence-corrected chi connectivity index (χ4v) is 2.94. The number of fused-ring (bicyclic) bond motifs is 1. The molecule has 0 atom stereocenters. The van der Waals surface area contributed by atoms with Gasteiger partial charge in [0.2, 0.25) is 17.5 Å². The summed E-state index contributed by atoms with van der Waals surface area (Å²) >= 11 is 0. The minimum atomic E-state index is -0.385. The third-order valence-corrected chi connectivity index (χ3v) is 4.42. The van der Waals surface area contributed by atoms with Gasteiger partial charge < -0.3 is 18.6 Å². The average molecular weight is 400 g/mol. The van der Waals surface area contributed by atoms with Crippen LogP contribution in [0.2, 0.25) is 0 Å². The molecule has 29 heavy (non-hydrogen) atoms. The van der Waals surface area contributed by atoms with Crippen molar-refractivity contribution in [2.24, 2.45) is 0 Å². The quantitative estimate of drug-likeness (QED) is 0.302. The zero-order chi connectivity index (χ0) is 20.6. The van der Waals surface area contributed by atoms with Gasteiger partial charge in [-0.15, -0.1) is 0 Å². The number of carbonyl (C=O) groups is 1. The lowest BCUT2D eigenvalue weighted by molar-refractivity contribution is -0.129. The summed E-state index contributed by atoms with van der Waals surface area (Å²) in [6.45, 7) is 0.440. The summed E-state index contributed by atoms with van der Waals surface area (Å²) < 4.78 is 22.7. The molecule has 0 radical (unpaired) electrons. The standard InChI is InChI=1S/C21H24N2O6/c1-26-17-12-14(21-22-15-8-5-6-9-16(15)29-21)13-18(27-2)20(17)28-11-7-3-4-10-19(24)23-25/h5-6,8-9,12-13,25H,3-4,7,10-11H2,1-2H3,(H,23,24). The molecule has 0 unspecified atom stereocenters. The second-order valence-electron chi connectivity index (χ2n) is 6.39. The van der Waals surface area contributed by atoms with Crippen molar-refractivity contribution in [3.8, 4) is 28.7 Å².